The van der Waals surface area contributed by atoms with E-state index in [1.165, 1.54) is 0 Å². The molecule has 0 aromatic rings. The second-order valence-electron chi connectivity index (χ2n) is 0.204. The monoisotopic (exact) mass is 144 g/mol. The Balaban J connectivity index is -0.0000000150. The molecule has 0 saturated heterocycles. The molecule has 0 saturated carbocycles. The van der Waals surface area contributed by atoms with Gasteiger partial charge in [0.25, 0.3) is 0 Å². The molecule has 0 amide bonds. The molecule has 0 aliphatic heterocycles. The minimum atomic E-state index is -3.11. The summed E-state index contributed by atoms with van der Waals surface area (Å²) in [4.78, 5) is 0. The van der Waals surface area contributed by atoms with Crippen LogP contribution in [0.4, 0.5) is 0 Å². The molecule has 0 heterocycles. The Labute approximate surface area is 81.9 Å². The van der Waals surface area contributed by atoms with Crippen molar-refractivity contribution in [3.05, 3.63) is 0 Å². The summed E-state index contributed by atoms with van der Waals surface area (Å²) in [5, 5.41) is 0. The predicted molar refractivity (Wildman–Crippen MR) is 17.4 cm³/mol. The SMILES string of the molecule is O=S([O-])[O-].[Mg+2].[Na+].[OH-]. The fourth-order valence-electron chi connectivity index (χ4n) is 0. The van der Waals surface area contributed by atoms with Gasteiger partial charge in [-0.15, -0.1) is 11.4 Å². The summed E-state index contributed by atoms with van der Waals surface area (Å²) in [6.45, 7) is 0. The van der Waals surface area contributed by atoms with Crippen LogP contribution in [0.3, 0.4) is 0 Å². The third-order valence-corrected chi connectivity index (χ3v) is 0. The Morgan fingerprint density at radius 3 is 1.29 bits per heavy atom. The molecule has 7 heteroatoms. The van der Waals surface area contributed by atoms with E-state index in [0.29, 0.717) is 0 Å². The molecular formula is HMgNaO4S. The molecule has 7 heavy (non-hydrogen) atoms. The molecule has 0 unspecified atom stereocenters. The van der Waals surface area contributed by atoms with Gasteiger partial charge in [0, 0.05) is 0 Å². The van der Waals surface area contributed by atoms with E-state index in [-0.39, 0.29) is 58.1 Å². The van der Waals surface area contributed by atoms with Crippen molar-refractivity contribution in [1.29, 1.82) is 0 Å². The van der Waals surface area contributed by atoms with Crippen molar-refractivity contribution >= 4 is 34.4 Å². The fourth-order valence-corrected chi connectivity index (χ4v) is 0. The third kappa shape index (κ3) is 81.2. The molecule has 0 radical (unpaired) electrons. The van der Waals surface area contributed by atoms with Crippen molar-refractivity contribution in [2.45, 2.75) is 0 Å². The van der Waals surface area contributed by atoms with Crippen molar-refractivity contribution in [1.82, 2.24) is 0 Å². The molecule has 0 aliphatic rings. The average molecular weight is 144 g/mol. The summed E-state index contributed by atoms with van der Waals surface area (Å²) < 4.78 is 25.3. The van der Waals surface area contributed by atoms with Gasteiger partial charge >= 0.3 is 52.6 Å². The van der Waals surface area contributed by atoms with Crippen LogP contribution in [-0.4, -0.2) is 41.8 Å². The summed E-state index contributed by atoms with van der Waals surface area (Å²) in [7, 11) is 0. The van der Waals surface area contributed by atoms with Gasteiger partial charge in [0.1, 0.15) is 0 Å². The van der Waals surface area contributed by atoms with E-state index in [9.17, 15) is 0 Å². The first-order valence-corrected chi connectivity index (χ1v) is 1.50. The Morgan fingerprint density at radius 2 is 1.29 bits per heavy atom. The van der Waals surface area contributed by atoms with Crippen LogP contribution >= 0.6 is 0 Å². The summed E-state index contributed by atoms with van der Waals surface area (Å²) in [6.07, 6.45) is 0. The van der Waals surface area contributed by atoms with Gasteiger partial charge in [-0.2, -0.15) is 0 Å². The molecular weight excluding hydrogens is 143 g/mol. The van der Waals surface area contributed by atoms with Crippen LogP contribution in [0.5, 0.6) is 0 Å². The maximum Gasteiger partial charge on any atom is 2.00 e. The smallest absolute Gasteiger partial charge is 0.870 e. The summed E-state index contributed by atoms with van der Waals surface area (Å²) in [6, 6.07) is 0. The summed E-state index contributed by atoms with van der Waals surface area (Å²) in [5.41, 5.74) is 0. The second-order valence-corrected chi connectivity index (χ2v) is 0.612. The first kappa shape index (κ1) is 23.2. The molecule has 0 rings (SSSR count). The second kappa shape index (κ2) is 15.7. The predicted octanol–water partition coefficient (Wildman–Crippen LogP) is -4.56. The molecule has 0 aromatic heterocycles. The molecule has 0 aromatic carbocycles. The van der Waals surface area contributed by atoms with Gasteiger partial charge in [-0.1, -0.05) is 0 Å². The van der Waals surface area contributed by atoms with Gasteiger partial charge in [0.2, 0.25) is 0 Å². The van der Waals surface area contributed by atoms with Crippen LogP contribution in [0.1, 0.15) is 0 Å². The molecule has 4 nitrogen and oxygen atoms in total. The van der Waals surface area contributed by atoms with Crippen molar-refractivity contribution in [3.8, 4) is 0 Å². The minimum Gasteiger partial charge on any atom is -0.870 e. The first-order valence-electron chi connectivity index (χ1n) is 0.500. The topological polar surface area (TPSA) is 93.2 Å². The van der Waals surface area contributed by atoms with E-state index in [1.807, 2.05) is 0 Å². The van der Waals surface area contributed by atoms with E-state index in [2.05, 4.69) is 0 Å². The van der Waals surface area contributed by atoms with Gasteiger partial charge in [-0.25, -0.2) is 0 Å². The van der Waals surface area contributed by atoms with Gasteiger partial charge in [-0.3, -0.25) is 4.21 Å². The van der Waals surface area contributed by atoms with Crippen molar-refractivity contribution in [2.75, 3.05) is 0 Å². The molecule has 34 valence electrons. The van der Waals surface area contributed by atoms with Gasteiger partial charge in [0.05, 0.1) is 0 Å². The van der Waals surface area contributed by atoms with Crippen LogP contribution in [0, 0.1) is 0 Å². The quantitative estimate of drug-likeness (QED) is 0.253. The van der Waals surface area contributed by atoms with Crippen molar-refractivity contribution in [3.63, 3.8) is 0 Å². The maximum atomic E-state index is 8.44. The molecule has 0 fully saturated rings. The van der Waals surface area contributed by atoms with Crippen LogP contribution in [0.25, 0.3) is 0 Å². The molecule has 1 N–H and O–H groups in total. The van der Waals surface area contributed by atoms with E-state index in [0.717, 1.165) is 0 Å². The number of hydrogen-bond donors (Lipinski definition) is 0. The van der Waals surface area contributed by atoms with Crippen LogP contribution in [0.2, 0.25) is 0 Å². The van der Waals surface area contributed by atoms with E-state index >= 15 is 0 Å². The van der Waals surface area contributed by atoms with Crippen LogP contribution in [0.15, 0.2) is 0 Å². The minimum absolute atomic E-state index is 0. The Morgan fingerprint density at radius 1 is 1.29 bits per heavy atom. The third-order valence-electron chi connectivity index (χ3n) is 0. The molecule has 0 atom stereocenters. The van der Waals surface area contributed by atoms with Gasteiger partial charge in [0.15, 0.2) is 0 Å². The van der Waals surface area contributed by atoms with E-state index in [4.69, 9.17) is 13.3 Å². The zero-order valence-electron chi connectivity index (χ0n) is 3.79. The molecule has 0 aliphatic carbocycles. The zero-order valence-corrected chi connectivity index (χ0v) is 8.02. The Bertz CT molecular complexity index is 34.7. The molecule has 0 bridgehead atoms. The number of hydrogen-bond acceptors (Lipinski definition) is 4. The van der Waals surface area contributed by atoms with Crippen molar-refractivity contribution < 1.29 is 48.3 Å². The summed E-state index contributed by atoms with van der Waals surface area (Å²) in [5.74, 6) is 0. The maximum absolute atomic E-state index is 8.44. The Kier molecular flexibility index (Phi) is 52.0. The van der Waals surface area contributed by atoms with E-state index in [1.54, 1.807) is 0 Å². The largest absolute Gasteiger partial charge is 2.00 e. The van der Waals surface area contributed by atoms with E-state index < -0.39 is 11.4 Å². The molecule has 0 spiro atoms. The van der Waals surface area contributed by atoms with Crippen LogP contribution in [-0.2, 0) is 11.4 Å². The van der Waals surface area contributed by atoms with Crippen molar-refractivity contribution in [2.24, 2.45) is 0 Å². The normalized spacial score (nSPS) is 5.00. The first-order chi connectivity index (χ1) is 1.73. The standard InChI is InChI=1S/Mg.Na.H2O3S.H2O/c;;1-4(2)3;/h;;(H2,1,2,3);1H2/q+2;+1;;/p-3. The number of rotatable bonds is 0. The van der Waals surface area contributed by atoms with Crippen LogP contribution < -0.4 is 29.6 Å². The average Bonchev–Trinajstić information content (AvgIpc) is 0.811. The fraction of sp³-hybridized carbons (Fsp3) is 0. The summed E-state index contributed by atoms with van der Waals surface area (Å²) >= 11 is -3.11. The Hall–Kier alpha value is 1.80. The van der Waals surface area contributed by atoms with Gasteiger partial charge in [-0.05, 0) is 0 Å². The van der Waals surface area contributed by atoms with Gasteiger partial charge < -0.3 is 14.6 Å². The zero-order chi connectivity index (χ0) is 3.58.